The zero-order valence-electron chi connectivity index (χ0n) is 17.6. The van der Waals surface area contributed by atoms with Gasteiger partial charge in [0, 0.05) is 5.75 Å². The molecule has 0 aliphatic heterocycles. The van der Waals surface area contributed by atoms with Gasteiger partial charge in [-0.1, -0.05) is 85.1 Å². The first-order chi connectivity index (χ1) is 15.1. The molecule has 0 saturated carbocycles. The van der Waals surface area contributed by atoms with E-state index in [1.165, 1.54) is 52.4 Å². The van der Waals surface area contributed by atoms with Crippen molar-refractivity contribution in [3.63, 3.8) is 0 Å². The molecule has 170 valence electrons. The maximum atomic E-state index is 13.1. The third kappa shape index (κ3) is 6.73. The van der Waals surface area contributed by atoms with Crippen LogP contribution in [0.15, 0.2) is 57.2 Å². The second-order valence-electron chi connectivity index (χ2n) is 7.31. The van der Waals surface area contributed by atoms with E-state index in [-0.39, 0.29) is 5.69 Å². The van der Waals surface area contributed by atoms with Crippen LogP contribution in [0.5, 0.6) is 0 Å². The van der Waals surface area contributed by atoms with Crippen LogP contribution in [0.1, 0.15) is 43.4 Å². The lowest BCUT2D eigenvalue weighted by atomic mass is 10.0. The van der Waals surface area contributed by atoms with Crippen LogP contribution in [0, 0.1) is 0 Å². The van der Waals surface area contributed by atoms with Crippen LogP contribution >= 0.6 is 34.9 Å². The predicted octanol–water partition coefficient (Wildman–Crippen LogP) is 7.09. The van der Waals surface area contributed by atoms with E-state index in [2.05, 4.69) is 53.6 Å². The Kier molecular flexibility index (Phi) is 8.24. The van der Waals surface area contributed by atoms with Gasteiger partial charge < -0.3 is 5.32 Å². The molecule has 1 N–H and O–H groups in total. The summed E-state index contributed by atoms with van der Waals surface area (Å²) in [5.41, 5.74) is 1.34. The number of amides is 1. The number of nitrogens with zero attached hydrogens (tertiary/aromatic N) is 2. The van der Waals surface area contributed by atoms with Crippen molar-refractivity contribution in [3.8, 4) is 0 Å². The third-order valence-corrected chi connectivity index (χ3v) is 7.85. The molecule has 0 spiro atoms. The molecule has 1 aromatic heterocycles. The molecule has 0 radical (unpaired) electrons. The topological polar surface area (TPSA) is 54.9 Å². The van der Waals surface area contributed by atoms with E-state index in [1.807, 2.05) is 0 Å². The molecule has 2 aromatic carbocycles. The molecule has 10 heteroatoms. The number of nitrogens with one attached hydrogen (secondary N) is 1. The summed E-state index contributed by atoms with van der Waals surface area (Å²) in [6, 6.07) is 13.4. The maximum Gasteiger partial charge on any atom is 0.418 e. The van der Waals surface area contributed by atoms with Crippen LogP contribution in [-0.4, -0.2) is 21.4 Å². The monoisotopic (exact) mass is 497 g/mol. The largest absolute Gasteiger partial charge is 0.418 e. The lowest BCUT2D eigenvalue weighted by molar-refractivity contribution is -0.137. The number of rotatable bonds is 8. The second-order valence-corrected chi connectivity index (χ2v) is 11.1. The quantitative estimate of drug-likeness (QED) is 0.337. The molecule has 1 amide bonds. The highest BCUT2D eigenvalue weighted by Crippen LogP contribution is 2.36. The van der Waals surface area contributed by atoms with Crippen LogP contribution in [0.2, 0.25) is 0 Å². The molecule has 0 saturated heterocycles. The number of para-hydroxylation sites is 1. The number of carbonyl (C=O) groups excluding carboxylic acids is 1. The molecule has 0 fully saturated rings. The second kappa shape index (κ2) is 10.7. The van der Waals surface area contributed by atoms with Crippen molar-refractivity contribution < 1.29 is 18.0 Å². The molecule has 3 aromatic rings. The van der Waals surface area contributed by atoms with Gasteiger partial charge in [-0.05, 0) is 36.1 Å². The molecule has 32 heavy (non-hydrogen) atoms. The van der Waals surface area contributed by atoms with E-state index in [9.17, 15) is 18.0 Å². The molecule has 4 nitrogen and oxygen atoms in total. The van der Waals surface area contributed by atoms with Gasteiger partial charge in [0.2, 0.25) is 5.91 Å². The summed E-state index contributed by atoms with van der Waals surface area (Å²) in [5, 5.41) is 9.99. The van der Waals surface area contributed by atoms with Crippen LogP contribution in [0.4, 0.5) is 18.9 Å². The summed E-state index contributed by atoms with van der Waals surface area (Å²) < 4.78 is 40.7. The molecular weight excluding hydrogens is 475 g/mol. The fourth-order valence-electron chi connectivity index (χ4n) is 2.73. The van der Waals surface area contributed by atoms with Gasteiger partial charge in [0.15, 0.2) is 8.68 Å². The summed E-state index contributed by atoms with van der Waals surface area (Å²) >= 11 is 4.09. The van der Waals surface area contributed by atoms with Crippen molar-refractivity contribution in [2.75, 3.05) is 5.32 Å². The van der Waals surface area contributed by atoms with Crippen LogP contribution in [-0.2, 0) is 16.7 Å². The van der Waals surface area contributed by atoms with Gasteiger partial charge in [-0.2, -0.15) is 13.2 Å². The van der Waals surface area contributed by atoms with Crippen molar-refractivity contribution in [1.82, 2.24) is 10.2 Å². The SMILES string of the molecule is CC(Sc1nnc(SCc2ccc(C(C)C)cc2)s1)C(=O)Nc1ccccc1C(F)(F)F. The van der Waals surface area contributed by atoms with Crippen molar-refractivity contribution >= 4 is 46.5 Å². The minimum atomic E-state index is -4.54. The maximum absolute atomic E-state index is 13.1. The molecule has 0 bridgehead atoms. The summed E-state index contributed by atoms with van der Waals surface area (Å²) in [6.45, 7) is 5.93. The van der Waals surface area contributed by atoms with Crippen LogP contribution < -0.4 is 5.32 Å². The van der Waals surface area contributed by atoms with Crippen molar-refractivity contribution in [2.24, 2.45) is 0 Å². The van der Waals surface area contributed by atoms with E-state index in [0.717, 1.165) is 16.2 Å². The first kappa shape index (κ1) is 24.6. The van der Waals surface area contributed by atoms with Gasteiger partial charge in [0.05, 0.1) is 16.5 Å². The molecular formula is C22H22F3N3OS3. The number of benzene rings is 2. The number of halogens is 3. The number of alkyl halides is 3. The Labute approximate surface area is 197 Å². The Balaban J connectivity index is 1.55. The summed E-state index contributed by atoms with van der Waals surface area (Å²) in [7, 11) is 0. The van der Waals surface area contributed by atoms with Gasteiger partial charge in [-0.15, -0.1) is 10.2 Å². The average molecular weight is 498 g/mol. The minimum Gasteiger partial charge on any atom is -0.325 e. The van der Waals surface area contributed by atoms with Gasteiger partial charge in [0.1, 0.15) is 0 Å². The van der Waals surface area contributed by atoms with Gasteiger partial charge in [-0.25, -0.2) is 0 Å². The van der Waals surface area contributed by atoms with Gasteiger partial charge >= 0.3 is 6.18 Å². The standard InChI is InChI=1S/C22H22F3N3OS3/c1-13(2)16-10-8-15(9-11-16)12-30-20-27-28-21(32-20)31-14(3)19(29)26-18-7-5-4-6-17(18)22(23,24)25/h4-11,13-14H,12H2,1-3H3,(H,26,29). The minimum absolute atomic E-state index is 0.255. The Morgan fingerprint density at radius 1 is 1.03 bits per heavy atom. The highest BCUT2D eigenvalue weighted by atomic mass is 32.2. The number of anilines is 1. The lowest BCUT2D eigenvalue weighted by Crippen LogP contribution is -2.24. The van der Waals surface area contributed by atoms with E-state index in [4.69, 9.17) is 0 Å². The normalized spacial score (nSPS) is 12.7. The fraction of sp³-hybridized carbons (Fsp3) is 0.318. The number of hydrogen-bond acceptors (Lipinski definition) is 6. The highest BCUT2D eigenvalue weighted by molar-refractivity contribution is 8.03. The number of carbonyl (C=O) groups is 1. The lowest BCUT2D eigenvalue weighted by Gasteiger charge is -2.15. The Morgan fingerprint density at radius 3 is 2.34 bits per heavy atom. The first-order valence-electron chi connectivity index (χ1n) is 9.82. The van der Waals surface area contributed by atoms with Crippen LogP contribution in [0.3, 0.4) is 0 Å². The van der Waals surface area contributed by atoms with Crippen molar-refractivity contribution in [2.45, 2.75) is 52.5 Å². The Morgan fingerprint density at radius 2 is 1.69 bits per heavy atom. The van der Waals surface area contributed by atoms with Gasteiger partial charge in [-0.3, -0.25) is 4.79 Å². The molecule has 3 rings (SSSR count). The zero-order chi connectivity index (χ0) is 23.3. The Bertz CT molecular complexity index is 1050. The zero-order valence-corrected chi connectivity index (χ0v) is 20.1. The highest BCUT2D eigenvalue weighted by Gasteiger charge is 2.34. The molecule has 0 aliphatic carbocycles. The first-order valence-corrected chi connectivity index (χ1v) is 12.5. The third-order valence-electron chi connectivity index (χ3n) is 4.53. The number of aromatic nitrogens is 2. The van der Waals surface area contributed by atoms with E-state index < -0.39 is 22.9 Å². The fourth-order valence-corrected chi connectivity index (χ4v) is 5.85. The smallest absolute Gasteiger partial charge is 0.325 e. The van der Waals surface area contributed by atoms with Gasteiger partial charge in [0.25, 0.3) is 0 Å². The van der Waals surface area contributed by atoms with E-state index >= 15 is 0 Å². The van der Waals surface area contributed by atoms with E-state index in [0.29, 0.717) is 10.3 Å². The summed E-state index contributed by atoms with van der Waals surface area (Å²) in [5.74, 6) is 0.712. The average Bonchev–Trinajstić information content (AvgIpc) is 3.19. The molecule has 1 heterocycles. The van der Waals surface area contributed by atoms with Crippen molar-refractivity contribution in [1.29, 1.82) is 0 Å². The Hall–Kier alpha value is -2.04. The molecule has 1 unspecified atom stereocenters. The molecule has 1 atom stereocenters. The summed E-state index contributed by atoms with van der Waals surface area (Å²) in [4.78, 5) is 12.4. The number of hydrogen-bond donors (Lipinski definition) is 1. The molecule has 0 aliphatic rings. The number of thioether (sulfide) groups is 2. The summed E-state index contributed by atoms with van der Waals surface area (Å²) in [6.07, 6.45) is -4.54. The predicted molar refractivity (Wildman–Crippen MR) is 125 cm³/mol. The van der Waals surface area contributed by atoms with E-state index in [1.54, 1.807) is 18.7 Å². The van der Waals surface area contributed by atoms with Crippen molar-refractivity contribution in [3.05, 3.63) is 65.2 Å². The van der Waals surface area contributed by atoms with Crippen LogP contribution in [0.25, 0.3) is 0 Å².